The monoisotopic (exact) mass is 332 g/mol. The number of nitrogens with zero attached hydrogens (tertiary/aromatic N) is 2. The van der Waals surface area contributed by atoms with E-state index >= 15 is 0 Å². The molecule has 0 saturated carbocycles. The van der Waals surface area contributed by atoms with Crippen molar-refractivity contribution in [2.24, 2.45) is 12.8 Å². The first-order chi connectivity index (χ1) is 11.5. The molecular formula is C16H20N4O4. The maximum Gasteiger partial charge on any atom is 0.360 e. The molecular weight excluding hydrogens is 312 g/mol. The lowest BCUT2D eigenvalue weighted by molar-refractivity contribution is 0.0594. The zero-order chi connectivity index (χ0) is 17.7. The van der Waals surface area contributed by atoms with Crippen molar-refractivity contribution in [1.29, 1.82) is 0 Å². The number of nitrogens with one attached hydrogen (secondary N) is 1. The molecule has 0 atom stereocenters. The molecule has 0 saturated heterocycles. The zero-order valence-corrected chi connectivity index (χ0v) is 13.8. The summed E-state index contributed by atoms with van der Waals surface area (Å²) in [6.07, 6.45) is 0.848. The fraction of sp³-hybridized carbons (Fsp3) is 0.312. The topological polar surface area (TPSA) is 108 Å². The molecule has 8 nitrogen and oxygen atoms in total. The Kier molecular flexibility index (Phi) is 5.41. The Morgan fingerprint density at radius 1 is 1.33 bits per heavy atom. The van der Waals surface area contributed by atoms with Crippen molar-refractivity contribution in [3.8, 4) is 5.75 Å². The molecule has 3 N–H and O–H groups in total. The van der Waals surface area contributed by atoms with E-state index in [1.54, 1.807) is 18.2 Å². The number of anilines is 2. The smallest absolute Gasteiger partial charge is 0.360 e. The van der Waals surface area contributed by atoms with Gasteiger partial charge in [-0.3, -0.25) is 9.48 Å². The number of nitrogens with two attached hydrogens (primary N) is 1. The normalized spacial score (nSPS) is 10.3. The van der Waals surface area contributed by atoms with Crippen LogP contribution >= 0.6 is 0 Å². The third-order valence-corrected chi connectivity index (χ3v) is 3.27. The Hall–Kier alpha value is -3.03. The first-order valence-corrected chi connectivity index (χ1v) is 7.43. The number of benzene rings is 1. The predicted molar refractivity (Wildman–Crippen MR) is 88.6 cm³/mol. The average Bonchev–Trinajstić information content (AvgIpc) is 2.89. The van der Waals surface area contributed by atoms with Crippen LogP contribution in [0.4, 0.5) is 11.4 Å². The fourth-order valence-corrected chi connectivity index (χ4v) is 2.21. The molecule has 0 aliphatic rings. The fourth-order valence-electron chi connectivity index (χ4n) is 2.21. The Morgan fingerprint density at radius 2 is 2.04 bits per heavy atom. The Labute approximate surface area is 139 Å². The van der Waals surface area contributed by atoms with E-state index in [0.717, 1.165) is 6.42 Å². The van der Waals surface area contributed by atoms with Gasteiger partial charge in [-0.2, -0.15) is 5.10 Å². The van der Waals surface area contributed by atoms with Crippen molar-refractivity contribution in [1.82, 2.24) is 9.78 Å². The quantitative estimate of drug-likeness (QED) is 0.749. The van der Waals surface area contributed by atoms with E-state index in [1.165, 1.54) is 18.8 Å². The van der Waals surface area contributed by atoms with Crippen LogP contribution in [0.25, 0.3) is 0 Å². The number of primary amides is 1. The lowest BCUT2D eigenvalue weighted by atomic mass is 10.2. The second kappa shape index (κ2) is 7.49. The number of para-hydroxylation sites is 2. The van der Waals surface area contributed by atoms with Gasteiger partial charge in [0.05, 0.1) is 19.4 Å². The minimum absolute atomic E-state index is 0.0286. The summed E-state index contributed by atoms with van der Waals surface area (Å²) in [6.45, 7) is 2.54. The molecule has 1 heterocycles. The van der Waals surface area contributed by atoms with Gasteiger partial charge in [0, 0.05) is 7.05 Å². The number of aromatic nitrogens is 2. The van der Waals surface area contributed by atoms with E-state index in [-0.39, 0.29) is 17.1 Å². The van der Waals surface area contributed by atoms with Gasteiger partial charge in [0.25, 0.3) is 5.91 Å². The summed E-state index contributed by atoms with van der Waals surface area (Å²) in [7, 11) is 2.76. The molecule has 1 amide bonds. The Balaban J connectivity index is 2.49. The van der Waals surface area contributed by atoms with Crippen molar-refractivity contribution in [3.05, 3.63) is 35.7 Å². The van der Waals surface area contributed by atoms with E-state index in [4.69, 9.17) is 15.2 Å². The molecule has 1 aromatic carbocycles. The first kappa shape index (κ1) is 17.3. The lowest BCUT2D eigenvalue weighted by Crippen LogP contribution is -2.17. The Morgan fingerprint density at radius 3 is 2.67 bits per heavy atom. The molecule has 8 heteroatoms. The molecule has 0 unspecified atom stereocenters. The molecule has 0 bridgehead atoms. The number of aryl methyl sites for hydroxylation is 1. The van der Waals surface area contributed by atoms with E-state index in [9.17, 15) is 9.59 Å². The standard InChI is InChI=1S/C16H20N4O4/c1-4-9-24-11-8-6-5-7-10(11)18-12-13(16(22)23-3)19-20(2)14(12)15(17)21/h5-8,18H,4,9H2,1-3H3,(H2,17,21). The van der Waals surface area contributed by atoms with Crippen LogP contribution in [0.2, 0.25) is 0 Å². The van der Waals surface area contributed by atoms with Gasteiger partial charge >= 0.3 is 5.97 Å². The maximum absolute atomic E-state index is 11.9. The van der Waals surface area contributed by atoms with Crippen LogP contribution in [0.5, 0.6) is 5.75 Å². The molecule has 0 aliphatic carbocycles. The Bertz CT molecular complexity index is 755. The summed E-state index contributed by atoms with van der Waals surface area (Å²) in [5.41, 5.74) is 6.23. The highest BCUT2D eigenvalue weighted by molar-refractivity contribution is 6.04. The molecule has 2 rings (SSSR count). The number of methoxy groups -OCH3 is 1. The third-order valence-electron chi connectivity index (χ3n) is 3.27. The molecule has 128 valence electrons. The van der Waals surface area contributed by atoms with Crippen LogP contribution in [-0.4, -0.2) is 35.4 Å². The minimum atomic E-state index is -0.713. The highest BCUT2D eigenvalue weighted by atomic mass is 16.5. The number of ether oxygens (including phenoxy) is 2. The second-order valence-corrected chi connectivity index (χ2v) is 5.02. The average molecular weight is 332 g/mol. The van der Waals surface area contributed by atoms with E-state index in [1.807, 2.05) is 13.0 Å². The molecule has 24 heavy (non-hydrogen) atoms. The number of rotatable bonds is 7. The highest BCUT2D eigenvalue weighted by Gasteiger charge is 2.26. The summed E-state index contributed by atoms with van der Waals surface area (Å²) in [5.74, 6) is -0.795. The zero-order valence-electron chi connectivity index (χ0n) is 13.8. The van der Waals surface area contributed by atoms with Gasteiger partial charge < -0.3 is 20.5 Å². The van der Waals surface area contributed by atoms with Crippen molar-refractivity contribution >= 4 is 23.3 Å². The van der Waals surface area contributed by atoms with E-state index < -0.39 is 11.9 Å². The summed E-state index contributed by atoms with van der Waals surface area (Å²) < 4.78 is 11.6. The second-order valence-electron chi connectivity index (χ2n) is 5.02. The van der Waals surface area contributed by atoms with Crippen molar-refractivity contribution < 1.29 is 19.1 Å². The summed E-state index contributed by atoms with van der Waals surface area (Å²) >= 11 is 0. The van der Waals surface area contributed by atoms with Gasteiger partial charge in [-0.05, 0) is 18.6 Å². The van der Waals surface area contributed by atoms with E-state index in [0.29, 0.717) is 18.0 Å². The van der Waals surface area contributed by atoms with Crippen molar-refractivity contribution in [2.45, 2.75) is 13.3 Å². The van der Waals surface area contributed by atoms with Crippen molar-refractivity contribution in [3.63, 3.8) is 0 Å². The van der Waals surface area contributed by atoms with Gasteiger partial charge in [-0.15, -0.1) is 0 Å². The van der Waals surface area contributed by atoms with Crippen LogP contribution in [0.1, 0.15) is 34.3 Å². The molecule has 0 fully saturated rings. The van der Waals surface area contributed by atoms with Crippen LogP contribution in [-0.2, 0) is 11.8 Å². The maximum atomic E-state index is 11.9. The van der Waals surface area contributed by atoms with Gasteiger partial charge in [-0.1, -0.05) is 19.1 Å². The highest BCUT2D eigenvalue weighted by Crippen LogP contribution is 2.31. The van der Waals surface area contributed by atoms with Gasteiger partial charge in [-0.25, -0.2) is 4.79 Å². The van der Waals surface area contributed by atoms with Crippen LogP contribution < -0.4 is 15.8 Å². The number of hydrogen-bond acceptors (Lipinski definition) is 6. The largest absolute Gasteiger partial charge is 0.491 e. The number of amides is 1. The van der Waals surface area contributed by atoms with Crippen LogP contribution in [0.3, 0.4) is 0 Å². The summed E-state index contributed by atoms with van der Waals surface area (Å²) in [4.78, 5) is 23.7. The van der Waals surface area contributed by atoms with Gasteiger partial charge in [0.2, 0.25) is 0 Å². The van der Waals surface area contributed by atoms with Crippen LogP contribution in [0.15, 0.2) is 24.3 Å². The predicted octanol–water partition coefficient (Wildman–Crippen LogP) is 1.84. The number of hydrogen-bond donors (Lipinski definition) is 2. The summed E-state index contributed by atoms with van der Waals surface area (Å²) in [6, 6.07) is 7.19. The van der Waals surface area contributed by atoms with Crippen LogP contribution in [0, 0.1) is 0 Å². The molecule has 0 radical (unpaired) electrons. The molecule has 1 aromatic heterocycles. The molecule has 0 aliphatic heterocycles. The van der Waals surface area contributed by atoms with Crippen molar-refractivity contribution in [2.75, 3.05) is 19.0 Å². The number of carbonyl (C=O) groups excluding carboxylic acids is 2. The number of carbonyl (C=O) groups is 2. The van der Waals surface area contributed by atoms with Gasteiger partial charge in [0.1, 0.15) is 17.1 Å². The minimum Gasteiger partial charge on any atom is -0.491 e. The lowest BCUT2D eigenvalue weighted by Gasteiger charge is -2.13. The van der Waals surface area contributed by atoms with Gasteiger partial charge in [0.15, 0.2) is 5.69 Å². The molecule has 2 aromatic rings. The molecule has 0 spiro atoms. The third kappa shape index (κ3) is 3.48. The summed E-state index contributed by atoms with van der Waals surface area (Å²) in [5, 5.41) is 7.05. The van der Waals surface area contributed by atoms with E-state index in [2.05, 4.69) is 10.4 Å². The number of esters is 1. The first-order valence-electron chi connectivity index (χ1n) is 7.43. The SMILES string of the molecule is CCCOc1ccccc1Nc1c(C(=O)OC)nn(C)c1C(N)=O.